The van der Waals surface area contributed by atoms with Crippen LogP contribution in [0.1, 0.15) is 49.8 Å². The largest absolute Gasteiger partial charge is 0.396 e. The molecule has 0 aromatic carbocycles. The average molecular weight is 268 g/mol. The SMILES string of the molecule is CCn1nc(C)c(N)c1C(=O)NC(C)(CC)CCO. The fourth-order valence-corrected chi connectivity index (χ4v) is 1.97. The number of carbonyl (C=O) groups excluding carboxylic acids is 1. The molecule has 0 saturated heterocycles. The van der Waals surface area contributed by atoms with Gasteiger partial charge in [0, 0.05) is 18.7 Å². The number of aryl methyl sites for hydroxylation is 2. The summed E-state index contributed by atoms with van der Waals surface area (Å²) in [6.45, 7) is 8.20. The zero-order valence-electron chi connectivity index (χ0n) is 12.2. The quantitative estimate of drug-likeness (QED) is 0.719. The van der Waals surface area contributed by atoms with Crippen molar-refractivity contribution in [1.82, 2.24) is 15.1 Å². The first kappa shape index (κ1) is 15.5. The normalized spacial score (nSPS) is 14.2. The lowest BCUT2D eigenvalue weighted by molar-refractivity contribution is 0.0876. The molecular formula is C13H24N4O2. The van der Waals surface area contributed by atoms with Gasteiger partial charge in [-0.2, -0.15) is 5.10 Å². The average Bonchev–Trinajstić information content (AvgIpc) is 2.65. The Bertz CT molecular complexity index is 456. The van der Waals surface area contributed by atoms with Crippen molar-refractivity contribution in [2.45, 2.75) is 52.6 Å². The molecule has 0 bridgehead atoms. The summed E-state index contributed by atoms with van der Waals surface area (Å²) in [7, 11) is 0. The second kappa shape index (κ2) is 6.06. The van der Waals surface area contributed by atoms with Gasteiger partial charge in [0.15, 0.2) is 0 Å². The van der Waals surface area contributed by atoms with Gasteiger partial charge in [0.25, 0.3) is 5.91 Å². The van der Waals surface area contributed by atoms with E-state index in [1.165, 1.54) is 0 Å². The van der Waals surface area contributed by atoms with E-state index in [2.05, 4.69) is 10.4 Å². The predicted molar refractivity (Wildman–Crippen MR) is 74.9 cm³/mol. The van der Waals surface area contributed by atoms with Crippen molar-refractivity contribution in [3.63, 3.8) is 0 Å². The highest BCUT2D eigenvalue weighted by molar-refractivity contribution is 5.98. The molecule has 1 atom stereocenters. The van der Waals surface area contributed by atoms with E-state index in [0.29, 0.717) is 30.0 Å². The van der Waals surface area contributed by atoms with Crippen molar-refractivity contribution >= 4 is 11.6 Å². The van der Waals surface area contributed by atoms with E-state index in [1.54, 1.807) is 11.6 Å². The lowest BCUT2D eigenvalue weighted by atomic mass is 9.94. The Hall–Kier alpha value is -1.56. The van der Waals surface area contributed by atoms with Crippen molar-refractivity contribution in [3.8, 4) is 0 Å². The van der Waals surface area contributed by atoms with Crippen LogP contribution in [-0.2, 0) is 6.54 Å². The summed E-state index contributed by atoms with van der Waals surface area (Å²) < 4.78 is 1.61. The molecule has 0 aliphatic carbocycles. The molecule has 0 aliphatic rings. The van der Waals surface area contributed by atoms with Crippen LogP contribution in [0.25, 0.3) is 0 Å². The number of hydrogen-bond acceptors (Lipinski definition) is 4. The van der Waals surface area contributed by atoms with E-state index in [1.807, 2.05) is 20.8 Å². The summed E-state index contributed by atoms with van der Waals surface area (Å²) in [5.74, 6) is -0.238. The van der Waals surface area contributed by atoms with Crippen molar-refractivity contribution in [1.29, 1.82) is 0 Å². The number of rotatable bonds is 6. The van der Waals surface area contributed by atoms with Gasteiger partial charge in [0.2, 0.25) is 0 Å². The Kier molecular flexibility index (Phi) is 4.94. The molecule has 0 spiro atoms. The van der Waals surface area contributed by atoms with E-state index in [4.69, 9.17) is 10.8 Å². The monoisotopic (exact) mass is 268 g/mol. The second-order valence-corrected chi connectivity index (χ2v) is 5.01. The molecule has 0 aliphatic heterocycles. The number of nitrogens with zero attached hydrogens (tertiary/aromatic N) is 2. The van der Waals surface area contributed by atoms with Crippen molar-refractivity contribution in [3.05, 3.63) is 11.4 Å². The molecular weight excluding hydrogens is 244 g/mol. The molecule has 6 nitrogen and oxygen atoms in total. The highest BCUT2D eigenvalue weighted by Crippen LogP contribution is 2.19. The third kappa shape index (κ3) is 3.26. The molecule has 1 heterocycles. The Morgan fingerprint density at radius 1 is 1.53 bits per heavy atom. The third-order valence-electron chi connectivity index (χ3n) is 3.55. The molecule has 1 amide bonds. The van der Waals surface area contributed by atoms with Crippen molar-refractivity contribution < 1.29 is 9.90 Å². The summed E-state index contributed by atoms with van der Waals surface area (Å²) in [6.07, 6.45) is 1.24. The smallest absolute Gasteiger partial charge is 0.272 e. The molecule has 4 N–H and O–H groups in total. The number of aliphatic hydroxyl groups is 1. The Labute approximate surface area is 114 Å². The first-order valence-corrected chi connectivity index (χ1v) is 6.64. The van der Waals surface area contributed by atoms with Gasteiger partial charge >= 0.3 is 0 Å². The van der Waals surface area contributed by atoms with E-state index < -0.39 is 5.54 Å². The fraction of sp³-hybridized carbons (Fsp3) is 0.692. The van der Waals surface area contributed by atoms with Gasteiger partial charge in [-0.3, -0.25) is 9.48 Å². The minimum Gasteiger partial charge on any atom is -0.396 e. The molecule has 1 aromatic heterocycles. The van der Waals surface area contributed by atoms with Crippen LogP contribution >= 0.6 is 0 Å². The van der Waals surface area contributed by atoms with Crippen molar-refractivity contribution in [2.75, 3.05) is 12.3 Å². The molecule has 1 aromatic rings. The van der Waals surface area contributed by atoms with E-state index >= 15 is 0 Å². The number of anilines is 1. The topological polar surface area (TPSA) is 93.2 Å². The Balaban J connectivity index is 3.01. The first-order valence-electron chi connectivity index (χ1n) is 6.64. The van der Waals surface area contributed by atoms with Crippen LogP contribution in [0.4, 0.5) is 5.69 Å². The summed E-state index contributed by atoms with van der Waals surface area (Å²) >= 11 is 0. The van der Waals surface area contributed by atoms with Gasteiger partial charge in [-0.25, -0.2) is 0 Å². The van der Waals surface area contributed by atoms with Crippen LogP contribution in [0.2, 0.25) is 0 Å². The first-order chi connectivity index (χ1) is 8.88. The number of aliphatic hydroxyl groups excluding tert-OH is 1. The standard InChI is InChI=1S/C13H24N4O2/c1-5-13(4,7-8-18)15-12(19)11-10(14)9(3)16-17(11)6-2/h18H,5-8,14H2,1-4H3,(H,15,19). The zero-order chi connectivity index (χ0) is 14.6. The van der Waals surface area contributed by atoms with Gasteiger partial charge in [-0.05, 0) is 33.6 Å². The van der Waals surface area contributed by atoms with Crippen LogP contribution < -0.4 is 11.1 Å². The van der Waals surface area contributed by atoms with Gasteiger partial charge in [-0.1, -0.05) is 6.92 Å². The Morgan fingerprint density at radius 3 is 2.63 bits per heavy atom. The van der Waals surface area contributed by atoms with Gasteiger partial charge in [0.05, 0.1) is 11.4 Å². The molecule has 1 rings (SSSR count). The molecule has 0 saturated carbocycles. The molecule has 19 heavy (non-hydrogen) atoms. The summed E-state index contributed by atoms with van der Waals surface area (Å²) in [5, 5.41) is 16.3. The highest BCUT2D eigenvalue weighted by Gasteiger charge is 2.27. The lowest BCUT2D eigenvalue weighted by Crippen LogP contribution is -2.46. The molecule has 108 valence electrons. The molecule has 6 heteroatoms. The fourth-order valence-electron chi connectivity index (χ4n) is 1.97. The number of nitrogens with one attached hydrogen (secondary N) is 1. The summed E-state index contributed by atoms with van der Waals surface area (Å²) in [4.78, 5) is 12.4. The van der Waals surface area contributed by atoms with Gasteiger partial charge in [0.1, 0.15) is 5.69 Å². The van der Waals surface area contributed by atoms with Crippen molar-refractivity contribution in [2.24, 2.45) is 0 Å². The van der Waals surface area contributed by atoms with Crippen LogP contribution in [0.15, 0.2) is 0 Å². The lowest BCUT2D eigenvalue weighted by Gasteiger charge is -2.29. The van der Waals surface area contributed by atoms with E-state index in [9.17, 15) is 4.79 Å². The number of aromatic nitrogens is 2. The summed E-state index contributed by atoms with van der Waals surface area (Å²) in [5.41, 5.74) is 6.96. The zero-order valence-corrected chi connectivity index (χ0v) is 12.2. The van der Waals surface area contributed by atoms with Crippen LogP contribution in [-0.4, -0.2) is 32.9 Å². The van der Waals surface area contributed by atoms with Gasteiger partial charge in [-0.15, -0.1) is 0 Å². The number of amides is 1. The number of carbonyl (C=O) groups is 1. The third-order valence-corrected chi connectivity index (χ3v) is 3.55. The maximum absolute atomic E-state index is 12.4. The molecule has 0 radical (unpaired) electrons. The minimum absolute atomic E-state index is 0.0339. The number of nitrogen functional groups attached to an aromatic ring is 1. The minimum atomic E-state index is -0.435. The van der Waals surface area contributed by atoms with E-state index in [0.717, 1.165) is 6.42 Å². The highest BCUT2D eigenvalue weighted by atomic mass is 16.3. The Morgan fingerprint density at radius 2 is 2.16 bits per heavy atom. The van der Waals surface area contributed by atoms with E-state index in [-0.39, 0.29) is 12.5 Å². The molecule has 0 fully saturated rings. The maximum atomic E-state index is 12.4. The number of nitrogens with two attached hydrogens (primary N) is 1. The van der Waals surface area contributed by atoms with Gasteiger partial charge < -0.3 is 16.2 Å². The predicted octanol–water partition coefficient (Wildman–Crippen LogP) is 1.07. The van der Waals surface area contributed by atoms with Crippen LogP contribution in [0.3, 0.4) is 0 Å². The van der Waals surface area contributed by atoms with Crippen LogP contribution in [0.5, 0.6) is 0 Å². The number of hydrogen-bond donors (Lipinski definition) is 3. The molecule has 1 unspecified atom stereocenters. The summed E-state index contributed by atoms with van der Waals surface area (Å²) in [6, 6.07) is 0. The second-order valence-electron chi connectivity index (χ2n) is 5.01. The maximum Gasteiger partial charge on any atom is 0.272 e. The van der Waals surface area contributed by atoms with Crippen LogP contribution in [0, 0.1) is 6.92 Å².